The fraction of sp³-hybridized carbons (Fsp3) is 0.571. The minimum absolute atomic E-state index is 0.355. The summed E-state index contributed by atoms with van der Waals surface area (Å²) in [7, 11) is 0. The van der Waals surface area contributed by atoms with E-state index in [1.807, 2.05) is 12.1 Å². The lowest BCUT2D eigenvalue weighted by Gasteiger charge is -2.32. The highest BCUT2D eigenvalue weighted by Crippen LogP contribution is 2.21. The second kappa shape index (κ2) is 5.35. The summed E-state index contributed by atoms with van der Waals surface area (Å²) in [6.45, 7) is 5.76. The average molecular weight is 219 g/mol. The van der Waals surface area contributed by atoms with Crippen molar-refractivity contribution in [3.63, 3.8) is 0 Å². The van der Waals surface area contributed by atoms with Crippen LogP contribution in [-0.4, -0.2) is 23.1 Å². The monoisotopic (exact) mass is 219 g/mol. The molecule has 1 fully saturated rings. The number of likely N-dealkylation sites (tertiary alicyclic amines) is 1. The highest BCUT2D eigenvalue weighted by atomic mass is 16.3. The van der Waals surface area contributed by atoms with Crippen LogP contribution in [0.25, 0.3) is 0 Å². The molecule has 0 radical (unpaired) electrons. The molecular formula is C14H21NO. The molecule has 0 aromatic heterocycles. The van der Waals surface area contributed by atoms with Gasteiger partial charge in [-0.3, -0.25) is 4.90 Å². The number of benzene rings is 1. The molecule has 1 unspecified atom stereocenters. The van der Waals surface area contributed by atoms with Crippen LogP contribution >= 0.6 is 0 Å². The van der Waals surface area contributed by atoms with Crippen LogP contribution in [0.4, 0.5) is 0 Å². The molecule has 0 bridgehead atoms. The maximum Gasteiger partial charge on any atom is 0.115 e. The Hall–Kier alpha value is -1.02. The van der Waals surface area contributed by atoms with Crippen LogP contribution in [0.5, 0.6) is 5.75 Å². The van der Waals surface area contributed by atoms with E-state index in [1.54, 1.807) is 12.1 Å². The quantitative estimate of drug-likeness (QED) is 0.844. The summed E-state index contributed by atoms with van der Waals surface area (Å²) in [5.74, 6) is 1.24. The molecule has 1 N–H and O–H groups in total. The predicted molar refractivity (Wildman–Crippen MR) is 66.4 cm³/mol. The van der Waals surface area contributed by atoms with Crippen LogP contribution in [0.1, 0.15) is 31.7 Å². The minimum Gasteiger partial charge on any atom is -0.508 e. The number of piperidine rings is 1. The van der Waals surface area contributed by atoms with E-state index in [2.05, 4.69) is 11.8 Å². The molecule has 1 aliphatic rings. The first-order valence-electron chi connectivity index (χ1n) is 6.28. The molecule has 1 aromatic carbocycles. The minimum atomic E-state index is 0.355. The van der Waals surface area contributed by atoms with Gasteiger partial charge < -0.3 is 5.11 Å². The number of aromatic hydroxyl groups is 1. The van der Waals surface area contributed by atoms with Crippen molar-refractivity contribution in [1.29, 1.82) is 0 Å². The van der Waals surface area contributed by atoms with Crippen molar-refractivity contribution >= 4 is 0 Å². The largest absolute Gasteiger partial charge is 0.508 e. The Balaban J connectivity index is 1.91. The maximum atomic E-state index is 9.23. The van der Waals surface area contributed by atoms with Gasteiger partial charge in [0.2, 0.25) is 0 Å². The Morgan fingerprint density at radius 3 is 2.75 bits per heavy atom. The van der Waals surface area contributed by atoms with Crippen molar-refractivity contribution < 1.29 is 5.11 Å². The van der Waals surface area contributed by atoms with E-state index in [-0.39, 0.29) is 0 Å². The normalized spacial score (nSPS) is 22.2. The fourth-order valence-electron chi connectivity index (χ4n) is 2.49. The standard InChI is InChI=1S/C14H21NO/c1-2-12-4-3-9-15(10-12)11-13-5-7-14(16)8-6-13/h5-8,12,16H,2-4,9-11H2,1H3. The summed E-state index contributed by atoms with van der Waals surface area (Å²) in [4.78, 5) is 2.53. The van der Waals surface area contributed by atoms with Crippen LogP contribution in [0.3, 0.4) is 0 Å². The van der Waals surface area contributed by atoms with Crippen molar-refractivity contribution in [1.82, 2.24) is 4.90 Å². The SMILES string of the molecule is CCC1CCCN(Cc2ccc(O)cc2)C1. The van der Waals surface area contributed by atoms with Gasteiger partial charge in [-0.1, -0.05) is 25.5 Å². The summed E-state index contributed by atoms with van der Waals surface area (Å²) in [6.07, 6.45) is 4.02. The van der Waals surface area contributed by atoms with Gasteiger partial charge in [0.1, 0.15) is 5.75 Å². The summed E-state index contributed by atoms with van der Waals surface area (Å²) in [5.41, 5.74) is 1.30. The van der Waals surface area contributed by atoms with Gasteiger partial charge in [0.25, 0.3) is 0 Å². The summed E-state index contributed by atoms with van der Waals surface area (Å²) in [6, 6.07) is 7.59. The molecule has 0 amide bonds. The third kappa shape index (κ3) is 2.99. The Morgan fingerprint density at radius 2 is 2.06 bits per heavy atom. The van der Waals surface area contributed by atoms with Gasteiger partial charge in [-0.05, 0) is 43.0 Å². The highest BCUT2D eigenvalue weighted by molar-refractivity contribution is 5.25. The smallest absolute Gasteiger partial charge is 0.115 e. The van der Waals surface area contributed by atoms with Crippen LogP contribution in [0, 0.1) is 5.92 Å². The average Bonchev–Trinajstić information content (AvgIpc) is 2.32. The first-order chi connectivity index (χ1) is 7.78. The Labute approximate surface area is 97.9 Å². The lowest BCUT2D eigenvalue weighted by molar-refractivity contribution is 0.164. The Morgan fingerprint density at radius 1 is 1.31 bits per heavy atom. The van der Waals surface area contributed by atoms with Crippen molar-refractivity contribution in [2.24, 2.45) is 5.92 Å². The Bertz CT molecular complexity index is 320. The van der Waals surface area contributed by atoms with Gasteiger partial charge >= 0.3 is 0 Å². The van der Waals surface area contributed by atoms with E-state index in [0.717, 1.165) is 12.5 Å². The van der Waals surface area contributed by atoms with Gasteiger partial charge in [-0.25, -0.2) is 0 Å². The molecule has 0 aliphatic carbocycles. The number of phenolic OH excluding ortho intramolecular Hbond substituents is 1. The molecule has 0 saturated carbocycles. The van der Waals surface area contributed by atoms with Crippen LogP contribution in [0.15, 0.2) is 24.3 Å². The lowest BCUT2D eigenvalue weighted by Crippen LogP contribution is -2.34. The number of nitrogens with zero attached hydrogens (tertiary/aromatic N) is 1. The van der Waals surface area contributed by atoms with Gasteiger partial charge in [-0.2, -0.15) is 0 Å². The number of hydrogen-bond donors (Lipinski definition) is 1. The molecule has 1 aliphatic heterocycles. The molecule has 88 valence electrons. The molecule has 0 spiro atoms. The summed E-state index contributed by atoms with van der Waals surface area (Å²) >= 11 is 0. The van der Waals surface area contributed by atoms with Crippen LogP contribution in [0.2, 0.25) is 0 Å². The Kier molecular flexibility index (Phi) is 3.83. The molecule has 2 heteroatoms. The van der Waals surface area contributed by atoms with Gasteiger partial charge in [0, 0.05) is 13.1 Å². The van der Waals surface area contributed by atoms with Gasteiger partial charge in [0.05, 0.1) is 0 Å². The summed E-state index contributed by atoms with van der Waals surface area (Å²) in [5, 5.41) is 9.23. The van der Waals surface area contributed by atoms with Crippen molar-refractivity contribution in [3.8, 4) is 5.75 Å². The van der Waals surface area contributed by atoms with E-state index >= 15 is 0 Å². The van der Waals surface area contributed by atoms with E-state index in [4.69, 9.17) is 0 Å². The molecule has 2 rings (SSSR count). The first-order valence-corrected chi connectivity index (χ1v) is 6.28. The van der Waals surface area contributed by atoms with E-state index in [0.29, 0.717) is 5.75 Å². The molecule has 1 heterocycles. The summed E-state index contributed by atoms with van der Waals surface area (Å²) < 4.78 is 0. The molecule has 1 saturated heterocycles. The lowest BCUT2D eigenvalue weighted by atomic mass is 9.95. The number of phenols is 1. The van der Waals surface area contributed by atoms with Crippen molar-refractivity contribution in [2.45, 2.75) is 32.7 Å². The fourth-order valence-corrected chi connectivity index (χ4v) is 2.49. The molecule has 1 aromatic rings. The second-order valence-electron chi connectivity index (χ2n) is 4.82. The second-order valence-corrected chi connectivity index (χ2v) is 4.82. The third-order valence-electron chi connectivity index (χ3n) is 3.52. The molecular weight excluding hydrogens is 198 g/mol. The highest BCUT2D eigenvalue weighted by Gasteiger charge is 2.18. The zero-order valence-electron chi connectivity index (χ0n) is 10.0. The van der Waals surface area contributed by atoms with Crippen molar-refractivity contribution in [2.75, 3.05) is 13.1 Å². The predicted octanol–water partition coefficient (Wildman–Crippen LogP) is 3.01. The number of hydrogen-bond acceptors (Lipinski definition) is 2. The topological polar surface area (TPSA) is 23.5 Å². The molecule has 16 heavy (non-hydrogen) atoms. The van der Waals surface area contributed by atoms with Crippen LogP contribution in [-0.2, 0) is 6.54 Å². The van der Waals surface area contributed by atoms with E-state index < -0.39 is 0 Å². The van der Waals surface area contributed by atoms with E-state index in [9.17, 15) is 5.11 Å². The maximum absolute atomic E-state index is 9.23. The number of rotatable bonds is 3. The molecule has 2 nitrogen and oxygen atoms in total. The van der Waals surface area contributed by atoms with Gasteiger partial charge in [0.15, 0.2) is 0 Å². The van der Waals surface area contributed by atoms with Crippen LogP contribution < -0.4 is 0 Å². The first kappa shape index (κ1) is 11.5. The zero-order chi connectivity index (χ0) is 11.4. The zero-order valence-corrected chi connectivity index (χ0v) is 10.0. The van der Waals surface area contributed by atoms with Gasteiger partial charge in [-0.15, -0.1) is 0 Å². The molecule has 1 atom stereocenters. The van der Waals surface area contributed by atoms with Crippen molar-refractivity contribution in [3.05, 3.63) is 29.8 Å². The van der Waals surface area contributed by atoms with E-state index in [1.165, 1.54) is 37.9 Å². The third-order valence-corrected chi connectivity index (χ3v) is 3.52.